The zero-order valence-electron chi connectivity index (χ0n) is 40.2. The predicted molar refractivity (Wildman–Crippen MR) is 245 cm³/mol. The molecule has 0 bridgehead atoms. The Morgan fingerprint density at radius 2 is 1.11 bits per heavy atom. The van der Waals surface area contributed by atoms with Crippen molar-refractivity contribution in [2.45, 2.75) is 239 Å². The Morgan fingerprint density at radius 3 is 1.42 bits per heavy atom. The molecular weight excluding hydrogens is 747 g/mol. The summed E-state index contributed by atoms with van der Waals surface area (Å²) >= 11 is 0. The first-order valence-electron chi connectivity index (χ1n) is 22.5. The third-order valence-corrected chi connectivity index (χ3v) is 22.4. The van der Waals surface area contributed by atoms with Gasteiger partial charge in [-0.05, 0) is 119 Å². The third-order valence-electron chi connectivity index (χ3n) is 13.3. The van der Waals surface area contributed by atoms with Gasteiger partial charge in [-0.1, -0.05) is 108 Å². The Balaban J connectivity index is 0.000000573. The normalized spacial score (nSPS) is 22.8. The van der Waals surface area contributed by atoms with Crippen LogP contribution in [0.4, 0.5) is 0 Å². The summed E-state index contributed by atoms with van der Waals surface area (Å²) in [6.07, 6.45) is 15.3. The second-order valence-corrected chi connectivity index (χ2v) is 30.1. The molecule has 10 heteroatoms. The van der Waals surface area contributed by atoms with E-state index in [1.807, 2.05) is 13.8 Å². The van der Waals surface area contributed by atoms with Crippen molar-refractivity contribution in [2.24, 2.45) is 11.8 Å². The Hall–Kier alpha value is -1.15. The number of nitrogens with zero attached hydrogens (tertiary/aromatic N) is 1. The highest BCUT2D eigenvalue weighted by Gasteiger charge is 2.41. The van der Waals surface area contributed by atoms with Gasteiger partial charge >= 0.3 is 0 Å². The molecule has 57 heavy (non-hydrogen) atoms. The number of Topliss-reactive ketones (excluding diaryl/α,β-unsaturated/α-hetero) is 1. The highest BCUT2D eigenvalue weighted by atomic mass is 28.4. The largest absolute Gasteiger partial charge is 0.414 e. The van der Waals surface area contributed by atoms with Gasteiger partial charge in [-0.2, -0.15) is 0 Å². The fourth-order valence-electron chi connectivity index (χ4n) is 7.12. The van der Waals surface area contributed by atoms with E-state index in [4.69, 9.17) is 23.2 Å². The van der Waals surface area contributed by atoms with Gasteiger partial charge in [-0.25, -0.2) is 5.06 Å². The molecule has 0 saturated carbocycles. The van der Waals surface area contributed by atoms with E-state index in [1.54, 1.807) is 14.0 Å². The topological polar surface area (TPSA) is 83.5 Å². The van der Waals surface area contributed by atoms with Crippen molar-refractivity contribution >= 4 is 28.3 Å². The number of hydroxylamine groups is 2. The van der Waals surface area contributed by atoms with Crippen molar-refractivity contribution in [3.63, 3.8) is 0 Å². The van der Waals surface area contributed by atoms with Crippen LogP contribution in [0.2, 0.25) is 36.3 Å². The molecule has 8 nitrogen and oxygen atoms in total. The molecule has 0 N–H and O–H groups in total. The maximum atomic E-state index is 12.5. The minimum absolute atomic E-state index is 0.0116. The van der Waals surface area contributed by atoms with Gasteiger partial charge in [0.1, 0.15) is 5.78 Å². The molecule has 2 aliphatic heterocycles. The number of ketones is 1. The molecule has 1 amide bonds. The van der Waals surface area contributed by atoms with E-state index in [-0.39, 0.29) is 58.0 Å². The van der Waals surface area contributed by atoms with Gasteiger partial charge in [0.05, 0.1) is 31.5 Å². The maximum Gasteiger partial charge on any atom is 0.248 e. The average molecular weight is 838 g/mol. The standard InChI is InChI=1S/C24H47NO4Si.C23H44O3Si/c1-11-12-13-20-16-18(2)22(28-20)15-14-21(29-30(9,10)24(4,5)6)17-19(3)23(26)25(7)27-8;1-10-11-12-20-16-18(3)22(25-20)14-13-21(15-17(2)19(4)24)26-27(8,9)23(5,6)7/h19-22H,2,11-17H2,1,3-10H3;17,20-22H,3,10-16H2,1-2,4-9H3/t19-,20?,21-,22?;17-,20?,21-,22?/m11/s1. The number of hydrogen-bond acceptors (Lipinski definition) is 7. The molecule has 334 valence electrons. The van der Waals surface area contributed by atoms with E-state index in [9.17, 15) is 9.59 Å². The van der Waals surface area contributed by atoms with Crippen molar-refractivity contribution in [1.29, 1.82) is 0 Å². The molecule has 0 aromatic heterocycles. The van der Waals surface area contributed by atoms with Crippen LogP contribution in [0, 0.1) is 11.8 Å². The number of carbonyl (C=O) groups excluding carboxylic acids is 2. The van der Waals surface area contributed by atoms with Gasteiger partial charge in [-0.15, -0.1) is 0 Å². The van der Waals surface area contributed by atoms with Gasteiger partial charge in [0, 0.05) is 31.1 Å². The number of amides is 1. The van der Waals surface area contributed by atoms with Crippen LogP contribution < -0.4 is 0 Å². The molecule has 2 heterocycles. The van der Waals surface area contributed by atoms with E-state index in [0.717, 1.165) is 57.8 Å². The van der Waals surface area contributed by atoms with Crippen LogP contribution in [-0.2, 0) is 32.8 Å². The van der Waals surface area contributed by atoms with Gasteiger partial charge in [0.15, 0.2) is 16.6 Å². The molecule has 4 unspecified atom stereocenters. The molecule has 2 fully saturated rings. The number of hydrogen-bond donors (Lipinski definition) is 0. The number of ether oxygens (including phenoxy) is 2. The van der Waals surface area contributed by atoms with Crippen molar-refractivity contribution in [3.8, 4) is 0 Å². The summed E-state index contributed by atoms with van der Waals surface area (Å²) in [5.41, 5.74) is 2.45. The molecular formula is C47H91NO7Si2. The van der Waals surface area contributed by atoms with Gasteiger partial charge in [-0.3, -0.25) is 14.4 Å². The second-order valence-electron chi connectivity index (χ2n) is 20.6. The molecule has 0 aliphatic carbocycles. The Bertz CT molecular complexity index is 1240. The van der Waals surface area contributed by atoms with Crippen LogP contribution >= 0.6 is 0 Å². The lowest BCUT2D eigenvalue weighted by Crippen LogP contribution is -2.45. The predicted octanol–water partition coefficient (Wildman–Crippen LogP) is 12.8. The number of unbranched alkanes of at least 4 members (excludes halogenated alkanes) is 2. The van der Waals surface area contributed by atoms with Crippen molar-refractivity contribution in [2.75, 3.05) is 14.2 Å². The van der Waals surface area contributed by atoms with E-state index >= 15 is 0 Å². The van der Waals surface area contributed by atoms with Crippen LogP contribution in [0.25, 0.3) is 0 Å². The Labute approximate surface area is 354 Å². The van der Waals surface area contributed by atoms with Crippen LogP contribution in [0.5, 0.6) is 0 Å². The minimum Gasteiger partial charge on any atom is -0.414 e. The highest BCUT2D eigenvalue weighted by Crippen LogP contribution is 2.41. The Morgan fingerprint density at radius 1 is 0.737 bits per heavy atom. The molecule has 0 aromatic carbocycles. The molecule has 0 spiro atoms. The molecule has 0 aromatic rings. The highest BCUT2D eigenvalue weighted by molar-refractivity contribution is 6.74. The quantitative estimate of drug-likeness (QED) is 0.0576. The molecule has 2 aliphatic rings. The van der Waals surface area contributed by atoms with E-state index in [0.29, 0.717) is 18.6 Å². The Kier molecular flexibility index (Phi) is 23.0. The fraction of sp³-hybridized carbons (Fsp3) is 0.872. The lowest BCUT2D eigenvalue weighted by Gasteiger charge is -2.40. The SMILES string of the molecule is C=C1CC(CCCC)OC1CC[C@H](C[C@@H](C)C(=O)N(C)OC)O[Si](C)(C)C(C)(C)C.C=C1CC(CCCC)OC1CC[C@H](C[C@@H](C)C(C)=O)O[Si](C)(C)C(C)(C)C. The molecule has 2 rings (SSSR count). The summed E-state index contributed by atoms with van der Waals surface area (Å²) in [6.45, 7) is 41.4. The lowest BCUT2D eigenvalue weighted by atomic mass is 9.95. The van der Waals surface area contributed by atoms with Crippen LogP contribution in [0.1, 0.15) is 166 Å². The average Bonchev–Trinajstić information content (AvgIpc) is 3.65. The summed E-state index contributed by atoms with van der Waals surface area (Å²) in [4.78, 5) is 29.4. The van der Waals surface area contributed by atoms with Crippen molar-refractivity contribution in [1.82, 2.24) is 5.06 Å². The zero-order valence-corrected chi connectivity index (χ0v) is 42.2. The van der Waals surface area contributed by atoms with E-state index in [1.165, 1.54) is 49.0 Å². The summed E-state index contributed by atoms with van der Waals surface area (Å²) in [5, 5.41) is 1.61. The summed E-state index contributed by atoms with van der Waals surface area (Å²) in [7, 11) is -0.636. The summed E-state index contributed by atoms with van der Waals surface area (Å²) in [6, 6.07) is 0. The first kappa shape index (κ1) is 53.9. The van der Waals surface area contributed by atoms with Gasteiger partial charge < -0.3 is 18.3 Å². The monoisotopic (exact) mass is 838 g/mol. The molecule has 0 radical (unpaired) electrons. The lowest BCUT2D eigenvalue weighted by molar-refractivity contribution is -0.173. The molecule has 8 atom stereocenters. The van der Waals surface area contributed by atoms with Gasteiger partial charge in [0.2, 0.25) is 5.91 Å². The number of carbonyl (C=O) groups is 2. The summed E-state index contributed by atoms with van der Waals surface area (Å²) < 4.78 is 26.0. The number of rotatable bonds is 23. The van der Waals surface area contributed by atoms with Crippen molar-refractivity contribution in [3.05, 3.63) is 24.3 Å². The van der Waals surface area contributed by atoms with Crippen LogP contribution in [0.15, 0.2) is 24.3 Å². The van der Waals surface area contributed by atoms with Crippen LogP contribution in [-0.4, -0.2) is 84.2 Å². The summed E-state index contributed by atoms with van der Waals surface area (Å²) in [5.74, 6) is 0.127. The third kappa shape index (κ3) is 18.6. The molecule has 2 saturated heterocycles. The van der Waals surface area contributed by atoms with Crippen LogP contribution in [0.3, 0.4) is 0 Å². The fourth-order valence-corrected chi connectivity index (χ4v) is 9.92. The first-order chi connectivity index (χ1) is 26.2. The van der Waals surface area contributed by atoms with E-state index < -0.39 is 16.6 Å². The smallest absolute Gasteiger partial charge is 0.248 e. The maximum absolute atomic E-state index is 12.5. The second kappa shape index (κ2) is 24.3. The van der Waals surface area contributed by atoms with Crippen molar-refractivity contribution < 1.29 is 32.8 Å². The minimum atomic E-state index is -1.95. The first-order valence-corrected chi connectivity index (χ1v) is 28.3. The van der Waals surface area contributed by atoms with Gasteiger partial charge in [0.25, 0.3) is 0 Å². The zero-order chi connectivity index (χ0) is 43.9. The van der Waals surface area contributed by atoms with E-state index in [2.05, 4.69) is 94.7 Å².